The van der Waals surface area contributed by atoms with Crippen LogP contribution >= 0.6 is 0 Å². The Labute approximate surface area is 394 Å². The van der Waals surface area contributed by atoms with Crippen LogP contribution in [0.5, 0.6) is 0 Å². The third-order valence-corrected chi connectivity index (χ3v) is 14.0. The minimum atomic E-state index is -1.54. The van der Waals surface area contributed by atoms with Crippen LogP contribution < -0.4 is 10.6 Å². The molecule has 0 bridgehead atoms. The standard InChI is InChI=1S/C61H60N2O4/c1-41-19-27-45(28-20-41)37-60(66,38-46-29-21-42(2)22-30-46)55(53-17-9-13-49-11-5-7-15-51(49)53)62-57(64)59(35-36-59)58(65)63-56(54-18-10-14-50-12-6-8-16-52(50)54)61(67,39-47-31-23-43(3)24-32-47)40-48-33-25-44(4)26-34-48/h5-34,55-56,66-67H,35-40H2,1-4H3,(H,62,64)(H,63,65)/t55-,56-/m0/s1. The van der Waals surface area contributed by atoms with Crippen LogP contribution in [0.3, 0.4) is 0 Å². The maximum atomic E-state index is 15.4. The Morgan fingerprint density at radius 1 is 0.433 bits per heavy atom. The third kappa shape index (κ3) is 9.83. The molecule has 1 fully saturated rings. The monoisotopic (exact) mass is 884 g/mol. The Kier molecular flexibility index (Phi) is 12.7. The first-order valence-corrected chi connectivity index (χ1v) is 23.6. The van der Waals surface area contributed by atoms with Crippen molar-refractivity contribution >= 4 is 33.4 Å². The van der Waals surface area contributed by atoms with Crippen molar-refractivity contribution in [1.82, 2.24) is 10.6 Å². The molecule has 338 valence electrons. The van der Waals surface area contributed by atoms with Gasteiger partial charge in [-0.05, 0) is 95.5 Å². The van der Waals surface area contributed by atoms with Crippen LogP contribution in [-0.2, 0) is 35.3 Å². The Bertz CT molecular complexity index is 2720. The van der Waals surface area contributed by atoms with Gasteiger partial charge < -0.3 is 20.8 Å². The van der Waals surface area contributed by atoms with E-state index < -0.39 is 40.5 Å². The summed E-state index contributed by atoms with van der Waals surface area (Å²) in [6, 6.07) is 58.8. The number of amides is 2. The number of carbonyl (C=O) groups excluding carboxylic acids is 2. The van der Waals surface area contributed by atoms with Gasteiger partial charge in [0.2, 0.25) is 11.8 Å². The van der Waals surface area contributed by atoms with E-state index in [1.54, 1.807) is 0 Å². The first kappa shape index (κ1) is 45.3. The number of carbonyl (C=O) groups is 2. The van der Waals surface area contributed by atoms with Gasteiger partial charge in [-0.15, -0.1) is 0 Å². The van der Waals surface area contributed by atoms with E-state index in [9.17, 15) is 10.2 Å². The zero-order chi connectivity index (χ0) is 46.8. The summed E-state index contributed by atoms with van der Waals surface area (Å²) in [5.41, 5.74) is 5.16. The predicted octanol–water partition coefficient (Wildman–Crippen LogP) is 11.5. The molecule has 8 aromatic rings. The lowest BCUT2D eigenvalue weighted by Gasteiger charge is -2.40. The minimum Gasteiger partial charge on any atom is -0.387 e. The number of aryl methyl sites for hydroxylation is 4. The summed E-state index contributed by atoms with van der Waals surface area (Å²) >= 11 is 0. The highest BCUT2D eigenvalue weighted by atomic mass is 16.3. The molecule has 67 heavy (non-hydrogen) atoms. The van der Waals surface area contributed by atoms with Crippen LogP contribution in [0.1, 0.15) is 80.6 Å². The van der Waals surface area contributed by atoms with Gasteiger partial charge in [0.15, 0.2) is 0 Å². The Balaban J connectivity index is 1.13. The average Bonchev–Trinajstić information content (AvgIpc) is 4.15. The highest BCUT2D eigenvalue weighted by Gasteiger charge is 2.59. The van der Waals surface area contributed by atoms with E-state index in [4.69, 9.17) is 0 Å². The normalized spacial score (nSPS) is 14.4. The number of rotatable bonds is 16. The van der Waals surface area contributed by atoms with Crippen LogP contribution in [0.2, 0.25) is 0 Å². The number of fused-ring (bicyclic) bond motifs is 2. The zero-order valence-corrected chi connectivity index (χ0v) is 38.9. The molecule has 2 amide bonds. The fourth-order valence-corrected chi connectivity index (χ4v) is 10.00. The SMILES string of the molecule is Cc1ccc(CC(O)(Cc2ccc(C)cc2)[C@@H](NC(=O)C2(C(=O)N[C@@H](c3cccc4ccccc34)C(O)(Cc3ccc(C)cc3)Cc3ccc(C)cc3)CC2)c2cccc3ccccc23)cc1. The summed E-state index contributed by atoms with van der Waals surface area (Å²) in [6.07, 6.45) is 1.59. The van der Waals surface area contributed by atoms with Gasteiger partial charge in [-0.3, -0.25) is 9.59 Å². The second-order valence-electron chi connectivity index (χ2n) is 19.4. The molecule has 1 aliphatic rings. The van der Waals surface area contributed by atoms with Gasteiger partial charge in [0.25, 0.3) is 0 Å². The molecule has 6 nitrogen and oxygen atoms in total. The van der Waals surface area contributed by atoms with E-state index >= 15 is 9.59 Å². The van der Waals surface area contributed by atoms with Gasteiger partial charge in [0.05, 0.1) is 23.3 Å². The molecular weight excluding hydrogens is 825 g/mol. The van der Waals surface area contributed by atoms with Crippen molar-refractivity contribution in [3.8, 4) is 0 Å². The van der Waals surface area contributed by atoms with Crippen molar-refractivity contribution in [3.63, 3.8) is 0 Å². The fourth-order valence-electron chi connectivity index (χ4n) is 10.00. The predicted molar refractivity (Wildman–Crippen MR) is 271 cm³/mol. The van der Waals surface area contributed by atoms with Crippen molar-refractivity contribution in [3.05, 3.63) is 238 Å². The Morgan fingerprint density at radius 3 is 1.01 bits per heavy atom. The van der Waals surface area contributed by atoms with E-state index in [0.29, 0.717) is 12.8 Å². The summed E-state index contributed by atoms with van der Waals surface area (Å²) in [4.78, 5) is 30.8. The molecule has 0 aliphatic heterocycles. The van der Waals surface area contributed by atoms with E-state index in [1.807, 2.05) is 210 Å². The third-order valence-electron chi connectivity index (χ3n) is 14.0. The van der Waals surface area contributed by atoms with Gasteiger partial charge in [0.1, 0.15) is 5.41 Å². The van der Waals surface area contributed by atoms with E-state index in [-0.39, 0.29) is 25.7 Å². The lowest BCUT2D eigenvalue weighted by molar-refractivity contribution is -0.141. The molecular formula is C61H60N2O4. The van der Waals surface area contributed by atoms with Crippen LogP contribution in [0, 0.1) is 33.1 Å². The second kappa shape index (κ2) is 18.8. The van der Waals surface area contributed by atoms with Crippen molar-refractivity contribution in [2.45, 2.75) is 89.5 Å². The van der Waals surface area contributed by atoms with Gasteiger partial charge in [-0.1, -0.05) is 204 Å². The number of nitrogens with one attached hydrogen (secondary N) is 2. The summed E-state index contributed by atoms with van der Waals surface area (Å²) in [7, 11) is 0. The van der Waals surface area contributed by atoms with Crippen molar-refractivity contribution in [2.24, 2.45) is 5.41 Å². The maximum Gasteiger partial charge on any atom is 0.236 e. The number of hydrogen-bond acceptors (Lipinski definition) is 4. The Morgan fingerprint density at radius 2 is 0.716 bits per heavy atom. The van der Waals surface area contributed by atoms with Crippen molar-refractivity contribution < 1.29 is 19.8 Å². The quantitative estimate of drug-likeness (QED) is 0.0727. The number of aliphatic hydroxyl groups is 2. The first-order chi connectivity index (χ1) is 32.3. The molecule has 2 atom stereocenters. The van der Waals surface area contributed by atoms with Crippen molar-refractivity contribution in [1.29, 1.82) is 0 Å². The van der Waals surface area contributed by atoms with Gasteiger partial charge in [0, 0.05) is 25.7 Å². The van der Waals surface area contributed by atoms with E-state index in [1.165, 1.54) is 0 Å². The molecule has 1 aliphatic carbocycles. The topological polar surface area (TPSA) is 98.7 Å². The average molecular weight is 885 g/mol. The summed E-state index contributed by atoms with van der Waals surface area (Å²) in [5.74, 6) is -0.905. The van der Waals surface area contributed by atoms with Crippen LogP contribution in [0.4, 0.5) is 0 Å². The lowest BCUT2D eigenvalue weighted by Crippen LogP contribution is -2.55. The molecule has 0 radical (unpaired) electrons. The van der Waals surface area contributed by atoms with Crippen LogP contribution in [-0.4, -0.2) is 33.2 Å². The van der Waals surface area contributed by atoms with Gasteiger partial charge >= 0.3 is 0 Å². The number of benzene rings is 8. The minimum absolute atomic E-state index is 0.239. The first-order valence-electron chi connectivity index (χ1n) is 23.6. The highest BCUT2D eigenvalue weighted by molar-refractivity contribution is 6.08. The molecule has 6 heteroatoms. The molecule has 0 spiro atoms. The van der Waals surface area contributed by atoms with Gasteiger partial charge in [-0.2, -0.15) is 0 Å². The van der Waals surface area contributed by atoms with E-state index in [0.717, 1.165) is 77.2 Å². The van der Waals surface area contributed by atoms with Crippen molar-refractivity contribution in [2.75, 3.05) is 0 Å². The molecule has 4 N–H and O–H groups in total. The second-order valence-corrected chi connectivity index (χ2v) is 19.4. The molecule has 0 unspecified atom stereocenters. The summed E-state index contributed by atoms with van der Waals surface area (Å²) < 4.78 is 0. The van der Waals surface area contributed by atoms with Gasteiger partial charge in [-0.25, -0.2) is 0 Å². The smallest absolute Gasteiger partial charge is 0.236 e. The number of hydrogen-bond donors (Lipinski definition) is 4. The van der Waals surface area contributed by atoms with Crippen LogP contribution in [0.15, 0.2) is 182 Å². The van der Waals surface area contributed by atoms with E-state index in [2.05, 4.69) is 10.6 Å². The molecule has 1 saturated carbocycles. The van der Waals surface area contributed by atoms with Crippen LogP contribution in [0.25, 0.3) is 21.5 Å². The summed E-state index contributed by atoms with van der Waals surface area (Å²) in [6.45, 7) is 8.16. The fraction of sp³-hybridized carbons (Fsp3) is 0.246. The lowest BCUT2D eigenvalue weighted by atomic mass is 9.77. The molecule has 0 heterocycles. The zero-order valence-electron chi connectivity index (χ0n) is 38.9. The largest absolute Gasteiger partial charge is 0.387 e. The molecule has 0 saturated heterocycles. The maximum absolute atomic E-state index is 15.4. The molecule has 9 rings (SSSR count). The summed E-state index contributed by atoms with van der Waals surface area (Å²) in [5, 5.41) is 37.5. The molecule has 0 aromatic heterocycles. The molecule has 8 aromatic carbocycles. The highest BCUT2D eigenvalue weighted by Crippen LogP contribution is 2.49. The Hall–Kier alpha value is -6.86.